The Morgan fingerprint density at radius 1 is 0.481 bits per heavy atom. The van der Waals surface area contributed by atoms with Gasteiger partial charge >= 0.3 is 0 Å². The normalized spacial score (nSPS) is 16.3. The molecule has 11 rings (SSSR count). The summed E-state index contributed by atoms with van der Waals surface area (Å²) in [6.45, 7) is 0. The van der Waals surface area contributed by atoms with Crippen LogP contribution in [0.4, 0.5) is 0 Å². The zero-order valence-corrected chi connectivity index (χ0v) is 27.9. The molecular formula is C47H29N3O2. The summed E-state index contributed by atoms with van der Waals surface area (Å²) in [6, 6.07) is 50.6. The minimum atomic E-state index is -0.190. The highest BCUT2D eigenvalue weighted by Gasteiger charge is 2.40. The summed E-state index contributed by atoms with van der Waals surface area (Å²) < 4.78 is 12.9. The molecular weight excluding hydrogens is 639 g/mol. The molecule has 52 heavy (non-hydrogen) atoms. The van der Waals surface area contributed by atoms with Gasteiger partial charge in [-0.05, 0) is 69.1 Å². The maximum Gasteiger partial charge on any atom is 0.164 e. The largest absolute Gasteiger partial charge is 0.485 e. The van der Waals surface area contributed by atoms with Crippen molar-refractivity contribution in [2.24, 2.45) is 0 Å². The second-order valence-corrected chi connectivity index (χ2v) is 13.5. The van der Waals surface area contributed by atoms with Gasteiger partial charge in [-0.3, -0.25) is 0 Å². The summed E-state index contributed by atoms with van der Waals surface area (Å²) >= 11 is 0. The molecule has 0 saturated heterocycles. The van der Waals surface area contributed by atoms with E-state index in [2.05, 4.69) is 109 Å². The Hall–Kier alpha value is -6.85. The average molecular weight is 668 g/mol. The Labute approximate surface area is 299 Å². The molecule has 0 spiro atoms. The van der Waals surface area contributed by atoms with Gasteiger partial charge in [0.25, 0.3) is 0 Å². The van der Waals surface area contributed by atoms with E-state index in [1.54, 1.807) is 0 Å². The summed E-state index contributed by atoms with van der Waals surface area (Å²) in [4.78, 5) is 15.4. The van der Waals surface area contributed by atoms with Crippen LogP contribution >= 0.6 is 0 Å². The van der Waals surface area contributed by atoms with Crippen molar-refractivity contribution >= 4 is 49.1 Å². The molecule has 0 bridgehead atoms. The summed E-state index contributed by atoms with van der Waals surface area (Å²) in [7, 11) is 0. The second-order valence-electron chi connectivity index (χ2n) is 13.5. The van der Waals surface area contributed by atoms with Crippen LogP contribution in [-0.4, -0.2) is 21.1 Å². The lowest BCUT2D eigenvalue weighted by atomic mass is 9.80. The van der Waals surface area contributed by atoms with Gasteiger partial charge < -0.3 is 9.15 Å². The third kappa shape index (κ3) is 4.53. The number of benzene rings is 7. The second kappa shape index (κ2) is 11.3. The Bertz CT molecular complexity index is 2960. The van der Waals surface area contributed by atoms with Crippen molar-refractivity contribution in [2.45, 2.75) is 12.0 Å². The molecule has 2 atom stereocenters. The zero-order valence-electron chi connectivity index (χ0n) is 27.9. The minimum Gasteiger partial charge on any atom is -0.485 e. The SMILES string of the molecule is C1=CC2Oc3cccc(-c4ccc5ccc6ccccc6c5c4)c3C2C(c2nc(-c3ccccc3)nc(-c3ccc4c(c3)oc3ccccc34)n2)=C1. The Morgan fingerprint density at radius 2 is 1.19 bits per heavy atom. The molecule has 0 fully saturated rings. The lowest BCUT2D eigenvalue weighted by Gasteiger charge is -2.23. The number of para-hydroxylation sites is 1. The van der Waals surface area contributed by atoms with E-state index in [0.29, 0.717) is 17.5 Å². The van der Waals surface area contributed by atoms with Crippen molar-refractivity contribution in [1.29, 1.82) is 0 Å². The molecule has 3 heterocycles. The highest BCUT2D eigenvalue weighted by molar-refractivity contribution is 6.09. The quantitative estimate of drug-likeness (QED) is 0.175. The number of rotatable bonds is 4. The van der Waals surface area contributed by atoms with Gasteiger partial charge in [0.05, 0.1) is 5.92 Å². The van der Waals surface area contributed by atoms with E-state index in [1.807, 2.05) is 54.6 Å². The molecule has 5 nitrogen and oxygen atoms in total. The van der Waals surface area contributed by atoms with Crippen LogP contribution in [0.2, 0.25) is 0 Å². The first-order chi connectivity index (χ1) is 25.7. The van der Waals surface area contributed by atoms with Crippen molar-refractivity contribution in [1.82, 2.24) is 15.0 Å². The molecule has 2 aromatic heterocycles. The standard InChI is InChI=1S/C47H29N3O2/c1-2-11-30(12-3-1)45-48-46(32-24-25-36-35-14-6-7-17-39(35)51-42(36)27-32)50-47(49-45)37-16-9-19-41-44(37)43-34(15-8-18-40(43)52-41)31-23-22-29-21-20-28-10-4-5-13-33(28)38(29)26-31/h1-27,41,44H. The van der Waals surface area contributed by atoms with Gasteiger partial charge in [0.15, 0.2) is 17.5 Å². The van der Waals surface area contributed by atoms with Crippen molar-refractivity contribution in [3.05, 3.63) is 175 Å². The van der Waals surface area contributed by atoms with Crippen LogP contribution in [-0.2, 0) is 0 Å². The Morgan fingerprint density at radius 3 is 2.10 bits per heavy atom. The maximum absolute atomic E-state index is 6.68. The number of fused-ring (bicyclic) bond motifs is 9. The average Bonchev–Trinajstić information content (AvgIpc) is 3.79. The molecule has 0 N–H and O–H groups in total. The highest BCUT2D eigenvalue weighted by Crippen LogP contribution is 2.51. The Kier molecular flexibility index (Phi) is 6.31. The summed E-state index contributed by atoms with van der Waals surface area (Å²) in [5, 5.41) is 7.09. The molecule has 0 amide bonds. The number of ether oxygens (including phenoxy) is 1. The number of hydrogen-bond donors (Lipinski definition) is 0. The first kappa shape index (κ1) is 28.9. The number of furan rings is 1. The van der Waals surface area contributed by atoms with E-state index in [1.165, 1.54) is 21.5 Å². The molecule has 1 aliphatic carbocycles. The highest BCUT2D eigenvalue weighted by atomic mass is 16.5. The van der Waals surface area contributed by atoms with Crippen molar-refractivity contribution in [3.63, 3.8) is 0 Å². The molecule has 2 unspecified atom stereocenters. The lowest BCUT2D eigenvalue weighted by Crippen LogP contribution is -2.21. The van der Waals surface area contributed by atoms with Gasteiger partial charge in [0, 0.05) is 33.0 Å². The molecule has 2 aliphatic rings. The van der Waals surface area contributed by atoms with Crippen LogP contribution in [0.15, 0.2) is 168 Å². The van der Waals surface area contributed by atoms with Crippen LogP contribution in [0.25, 0.3) is 83.0 Å². The van der Waals surface area contributed by atoms with Crippen LogP contribution in [0.3, 0.4) is 0 Å². The third-order valence-electron chi connectivity index (χ3n) is 10.5. The molecule has 7 aromatic carbocycles. The fourth-order valence-electron chi connectivity index (χ4n) is 8.05. The molecule has 9 aromatic rings. The lowest BCUT2D eigenvalue weighted by molar-refractivity contribution is 0.271. The third-order valence-corrected chi connectivity index (χ3v) is 10.5. The number of nitrogens with zero attached hydrogens (tertiary/aromatic N) is 3. The van der Waals surface area contributed by atoms with Crippen LogP contribution in [0.1, 0.15) is 17.3 Å². The van der Waals surface area contributed by atoms with Gasteiger partial charge in [0.2, 0.25) is 0 Å². The molecule has 5 heteroatoms. The minimum absolute atomic E-state index is 0.115. The fourth-order valence-corrected chi connectivity index (χ4v) is 8.05. The van der Waals surface area contributed by atoms with E-state index >= 15 is 0 Å². The predicted molar refractivity (Wildman–Crippen MR) is 209 cm³/mol. The van der Waals surface area contributed by atoms with Gasteiger partial charge in [-0.2, -0.15) is 0 Å². The first-order valence-electron chi connectivity index (χ1n) is 17.6. The van der Waals surface area contributed by atoms with Gasteiger partial charge in [0.1, 0.15) is 23.0 Å². The maximum atomic E-state index is 6.68. The monoisotopic (exact) mass is 667 g/mol. The van der Waals surface area contributed by atoms with E-state index in [0.717, 1.165) is 61.1 Å². The summed E-state index contributed by atoms with van der Waals surface area (Å²) in [6.07, 6.45) is 6.16. The number of hydrogen-bond acceptors (Lipinski definition) is 5. The molecule has 1 aliphatic heterocycles. The molecule has 0 radical (unpaired) electrons. The van der Waals surface area contributed by atoms with Crippen molar-refractivity contribution < 1.29 is 9.15 Å². The van der Waals surface area contributed by atoms with E-state index in [9.17, 15) is 0 Å². The van der Waals surface area contributed by atoms with Crippen molar-refractivity contribution in [2.75, 3.05) is 0 Å². The topological polar surface area (TPSA) is 61.0 Å². The van der Waals surface area contributed by atoms with E-state index in [-0.39, 0.29) is 12.0 Å². The van der Waals surface area contributed by atoms with Gasteiger partial charge in [-0.15, -0.1) is 0 Å². The molecule has 0 saturated carbocycles. The zero-order chi connectivity index (χ0) is 34.2. The van der Waals surface area contributed by atoms with E-state index < -0.39 is 0 Å². The van der Waals surface area contributed by atoms with Crippen LogP contribution < -0.4 is 4.74 Å². The van der Waals surface area contributed by atoms with Crippen LogP contribution in [0, 0.1) is 0 Å². The smallest absolute Gasteiger partial charge is 0.164 e. The number of aromatic nitrogens is 3. The fraction of sp³-hybridized carbons (Fsp3) is 0.0426. The Balaban J connectivity index is 1.08. The van der Waals surface area contributed by atoms with Gasteiger partial charge in [-0.1, -0.05) is 127 Å². The summed E-state index contributed by atoms with van der Waals surface area (Å²) in [5.74, 6) is 2.61. The van der Waals surface area contributed by atoms with E-state index in [4.69, 9.17) is 24.1 Å². The summed E-state index contributed by atoms with van der Waals surface area (Å²) in [5.41, 5.74) is 7.89. The molecule has 244 valence electrons. The predicted octanol–water partition coefficient (Wildman–Crippen LogP) is 11.6. The van der Waals surface area contributed by atoms with Gasteiger partial charge in [-0.25, -0.2) is 15.0 Å². The van der Waals surface area contributed by atoms with Crippen LogP contribution in [0.5, 0.6) is 5.75 Å². The van der Waals surface area contributed by atoms with Crippen molar-refractivity contribution in [3.8, 4) is 39.7 Å². The number of allylic oxidation sites excluding steroid dienone is 2. The first-order valence-corrected chi connectivity index (χ1v) is 17.6.